The minimum atomic E-state index is -0.178. The van der Waals surface area contributed by atoms with Crippen LogP contribution in [0.5, 0.6) is 17.2 Å². The molecular weight excluding hydrogens is 392 g/mol. The van der Waals surface area contributed by atoms with Gasteiger partial charge in [-0.1, -0.05) is 12.1 Å². The fourth-order valence-electron chi connectivity index (χ4n) is 2.72. The highest BCUT2D eigenvalue weighted by molar-refractivity contribution is 7.14. The first-order valence-electron chi connectivity index (χ1n) is 8.71. The summed E-state index contributed by atoms with van der Waals surface area (Å²) >= 11 is 1.33. The predicted molar refractivity (Wildman–Crippen MR) is 111 cm³/mol. The van der Waals surface area contributed by atoms with Crippen molar-refractivity contribution in [2.45, 2.75) is 13.5 Å². The fourth-order valence-corrected chi connectivity index (χ4v) is 3.58. The number of amides is 1. The van der Waals surface area contributed by atoms with Gasteiger partial charge in [-0.15, -0.1) is 11.3 Å². The highest BCUT2D eigenvalue weighted by atomic mass is 32.1. The van der Waals surface area contributed by atoms with Crippen molar-refractivity contribution < 1.29 is 23.8 Å². The third kappa shape index (κ3) is 4.55. The molecule has 0 spiro atoms. The quantitative estimate of drug-likeness (QED) is 0.515. The number of benzene rings is 2. The summed E-state index contributed by atoms with van der Waals surface area (Å²) in [6.07, 6.45) is 0.743. The molecule has 1 heterocycles. The molecule has 0 aliphatic carbocycles. The van der Waals surface area contributed by atoms with Crippen LogP contribution in [0.2, 0.25) is 0 Å². The highest BCUT2D eigenvalue weighted by Crippen LogP contribution is 2.36. The van der Waals surface area contributed by atoms with E-state index in [9.17, 15) is 9.59 Å². The number of nitrogens with zero attached hydrogens (tertiary/aromatic N) is 2. The summed E-state index contributed by atoms with van der Waals surface area (Å²) in [5.74, 6) is 1.36. The van der Waals surface area contributed by atoms with Crippen LogP contribution < -0.4 is 19.1 Å². The van der Waals surface area contributed by atoms with Gasteiger partial charge in [0.05, 0.1) is 25.6 Å². The summed E-state index contributed by atoms with van der Waals surface area (Å²) in [6.45, 7) is 1.66. The second-order valence-electron chi connectivity index (χ2n) is 5.96. The Morgan fingerprint density at radius 1 is 1.10 bits per heavy atom. The molecule has 1 amide bonds. The SMILES string of the molecule is COc1cc(C=O)ccc1OCc1csc(N(C(C)=O)c2ccccc2OC)n1. The van der Waals surface area contributed by atoms with Crippen LogP contribution in [0.25, 0.3) is 0 Å². The van der Waals surface area contributed by atoms with Crippen LogP contribution in [-0.2, 0) is 11.4 Å². The maximum Gasteiger partial charge on any atom is 0.230 e. The molecule has 0 bridgehead atoms. The topological polar surface area (TPSA) is 78.0 Å². The second kappa shape index (κ2) is 9.20. The number of methoxy groups -OCH3 is 2. The molecule has 3 aromatic rings. The molecule has 0 atom stereocenters. The summed E-state index contributed by atoms with van der Waals surface area (Å²) in [5, 5.41) is 2.34. The van der Waals surface area contributed by atoms with Gasteiger partial charge < -0.3 is 14.2 Å². The smallest absolute Gasteiger partial charge is 0.230 e. The zero-order valence-electron chi connectivity index (χ0n) is 16.2. The van der Waals surface area contributed by atoms with Gasteiger partial charge in [0.1, 0.15) is 18.6 Å². The first-order valence-corrected chi connectivity index (χ1v) is 9.59. The Morgan fingerprint density at radius 2 is 1.86 bits per heavy atom. The molecule has 7 nitrogen and oxygen atoms in total. The summed E-state index contributed by atoms with van der Waals surface area (Å²) < 4.78 is 16.4. The van der Waals surface area contributed by atoms with Gasteiger partial charge in [0.2, 0.25) is 5.91 Å². The molecule has 0 aliphatic heterocycles. The molecule has 150 valence electrons. The van der Waals surface area contributed by atoms with Gasteiger partial charge in [-0.2, -0.15) is 0 Å². The molecule has 0 saturated heterocycles. The van der Waals surface area contributed by atoms with Crippen molar-refractivity contribution in [3.63, 3.8) is 0 Å². The van der Waals surface area contributed by atoms with E-state index in [4.69, 9.17) is 14.2 Å². The molecule has 0 unspecified atom stereocenters. The normalized spacial score (nSPS) is 10.3. The molecule has 1 aromatic heterocycles. The lowest BCUT2D eigenvalue weighted by Gasteiger charge is -2.20. The number of anilines is 2. The molecule has 0 N–H and O–H groups in total. The Labute approximate surface area is 172 Å². The van der Waals surface area contributed by atoms with Crippen LogP contribution in [0.3, 0.4) is 0 Å². The van der Waals surface area contributed by atoms with Crippen LogP contribution in [0.15, 0.2) is 47.8 Å². The van der Waals surface area contributed by atoms with Crippen molar-refractivity contribution >= 4 is 34.3 Å². The van der Waals surface area contributed by atoms with Crippen molar-refractivity contribution in [2.24, 2.45) is 0 Å². The third-order valence-corrected chi connectivity index (χ3v) is 4.95. The average Bonchev–Trinajstić information content (AvgIpc) is 3.20. The van der Waals surface area contributed by atoms with Crippen molar-refractivity contribution in [1.29, 1.82) is 0 Å². The fraction of sp³-hybridized carbons (Fsp3) is 0.190. The van der Waals surface area contributed by atoms with E-state index < -0.39 is 0 Å². The van der Waals surface area contributed by atoms with E-state index in [2.05, 4.69) is 4.98 Å². The standard InChI is InChI=1S/C21H20N2O5S/c1-14(25)23(17-6-4-5-7-18(17)26-2)21-22-16(13-29-21)12-28-19-9-8-15(11-24)10-20(19)27-3/h4-11,13H,12H2,1-3H3. The molecule has 29 heavy (non-hydrogen) atoms. The minimum Gasteiger partial charge on any atom is -0.495 e. The van der Waals surface area contributed by atoms with Gasteiger partial charge in [0.15, 0.2) is 16.6 Å². The van der Waals surface area contributed by atoms with Crippen LogP contribution in [-0.4, -0.2) is 31.4 Å². The molecular formula is C21H20N2O5S. The lowest BCUT2D eigenvalue weighted by atomic mass is 10.2. The number of carbonyl (C=O) groups excluding carboxylic acids is 2. The Kier molecular flexibility index (Phi) is 6.46. The maximum atomic E-state index is 12.3. The Hall–Kier alpha value is -3.39. The van der Waals surface area contributed by atoms with Crippen molar-refractivity contribution in [2.75, 3.05) is 19.1 Å². The number of hydrogen-bond donors (Lipinski definition) is 0. The van der Waals surface area contributed by atoms with Gasteiger partial charge in [0, 0.05) is 17.9 Å². The minimum absolute atomic E-state index is 0.178. The van der Waals surface area contributed by atoms with Gasteiger partial charge in [-0.25, -0.2) is 4.98 Å². The number of ether oxygens (including phenoxy) is 3. The van der Waals surface area contributed by atoms with E-state index in [1.165, 1.54) is 30.3 Å². The molecule has 8 heteroatoms. The van der Waals surface area contributed by atoms with Crippen LogP contribution in [0.4, 0.5) is 10.8 Å². The lowest BCUT2D eigenvalue weighted by molar-refractivity contribution is -0.115. The number of thiazole rings is 1. The zero-order valence-corrected chi connectivity index (χ0v) is 17.1. The van der Waals surface area contributed by atoms with Crippen LogP contribution in [0.1, 0.15) is 23.0 Å². The summed E-state index contributed by atoms with van der Waals surface area (Å²) in [7, 11) is 3.07. The number of rotatable bonds is 8. The number of hydrogen-bond acceptors (Lipinski definition) is 7. The number of aldehydes is 1. The monoisotopic (exact) mass is 412 g/mol. The van der Waals surface area contributed by atoms with E-state index >= 15 is 0 Å². The van der Waals surface area contributed by atoms with E-state index in [1.807, 2.05) is 17.5 Å². The van der Waals surface area contributed by atoms with Gasteiger partial charge in [-0.3, -0.25) is 14.5 Å². The average molecular weight is 412 g/mol. The zero-order chi connectivity index (χ0) is 20.8. The van der Waals surface area contributed by atoms with Crippen LogP contribution in [0, 0.1) is 0 Å². The number of para-hydroxylation sites is 2. The van der Waals surface area contributed by atoms with Crippen LogP contribution >= 0.6 is 11.3 Å². The summed E-state index contributed by atoms with van der Waals surface area (Å²) in [6, 6.07) is 12.2. The summed E-state index contributed by atoms with van der Waals surface area (Å²) in [4.78, 5) is 29.3. The van der Waals surface area contributed by atoms with E-state index in [-0.39, 0.29) is 12.5 Å². The van der Waals surface area contributed by atoms with E-state index in [0.717, 1.165) is 6.29 Å². The van der Waals surface area contributed by atoms with Crippen molar-refractivity contribution in [1.82, 2.24) is 4.98 Å². The van der Waals surface area contributed by atoms with Crippen molar-refractivity contribution in [3.8, 4) is 17.2 Å². The molecule has 0 radical (unpaired) electrons. The highest BCUT2D eigenvalue weighted by Gasteiger charge is 2.21. The Bertz CT molecular complexity index is 1020. The van der Waals surface area contributed by atoms with Crippen molar-refractivity contribution in [3.05, 3.63) is 59.1 Å². The predicted octanol–water partition coefficient (Wildman–Crippen LogP) is 4.24. The van der Waals surface area contributed by atoms with E-state index in [1.54, 1.807) is 37.4 Å². The van der Waals surface area contributed by atoms with Gasteiger partial charge in [0.25, 0.3) is 0 Å². The second-order valence-corrected chi connectivity index (χ2v) is 6.80. The third-order valence-electron chi connectivity index (χ3n) is 4.07. The molecule has 3 rings (SSSR count). The number of aromatic nitrogens is 1. The van der Waals surface area contributed by atoms with Gasteiger partial charge in [-0.05, 0) is 30.3 Å². The first-order chi connectivity index (χ1) is 14.1. The molecule has 0 aliphatic rings. The molecule has 0 fully saturated rings. The Balaban J connectivity index is 1.81. The summed E-state index contributed by atoms with van der Waals surface area (Å²) in [5.41, 5.74) is 1.78. The largest absolute Gasteiger partial charge is 0.495 e. The maximum absolute atomic E-state index is 12.3. The lowest BCUT2D eigenvalue weighted by Crippen LogP contribution is -2.23. The molecule has 2 aromatic carbocycles. The van der Waals surface area contributed by atoms with Gasteiger partial charge >= 0.3 is 0 Å². The molecule has 0 saturated carbocycles. The number of carbonyl (C=O) groups is 2. The Morgan fingerprint density at radius 3 is 2.55 bits per heavy atom. The van der Waals surface area contributed by atoms with E-state index in [0.29, 0.717) is 39.3 Å². The first kappa shape index (κ1) is 20.3.